The minimum atomic E-state index is -0.526. The summed E-state index contributed by atoms with van der Waals surface area (Å²) in [6.45, 7) is 7.19. The summed E-state index contributed by atoms with van der Waals surface area (Å²) in [6.07, 6.45) is 0. The number of benzene rings is 2. The maximum Gasteiger partial charge on any atom is 0.338 e. The highest BCUT2D eigenvalue weighted by Crippen LogP contribution is 2.30. The van der Waals surface area contributed by atoms with E-state index >= 15 is 0 Å². The summed E-state index contributed by atoms with van der Waals surface area (Å²) < 4.78 is 5.88. The van der Waals surface area contributed by atoms with Crippen molar-refractivity contribution in [1.29, 1.82) is 0 Å². The smallest absolute Gasteiger partial charge is 0.338 e. The Hall–Kier alpha value is -2.77. The Morgan fingerprint density at radius 3 is 2.28 bits per heavy atom. The molecular formula is C22H25N3O3S. The molecule has 0 aliphatic rings. The molecule has 0 fully saturated rings. The van der Waals surface area contributed by atoms with E-state index < -0.39 is 5.97 Å². The number of anilines is 1. The Labute approximate surface area is 174 Å². The quantitative estimate of drug-likeness (QED) is 0.523. The summed E-state index contributed by atoms with van der Waals surface area (Å²) in [4.78, 5) is 34.3. The summed E-state index contributed by atoms with van der Waals surface area (Å²) in [6, 6.07) is 14.6. The van der Waals surface area contributed by atoms with Gasteiger partial charge in [0.2, 0.25) is 0 Å². The number of thiazole rings is 1. The number of carbonyl (C=O) groups excluding carboxylic acids is 2. The second-order valence-corrected chi connectivity index (χ2v) is 7.49. The summed E-state index contributed by atoms with van der Waals surface area (Å²) in [5.74, 6) is -0.779. The van der Waals surface area contributed by atoms with Crippen LogP contribution >= 0.6 is 11.3 Å². The molecule has 1 aromatic heterocycles. The average molecular weight is 412 g/mol. The zero-order chi connectivity index (χ0) is 20.8. The topological polar surface area (TPSA) is 62.7 Å². The number of para-hydroxylation sites is 1. The number of nitrogens with zero attached hydrogens (tertiary/aromatic N) is 3. The molecule has 1 amide bonds. The molecule has 0 aliphatic heterocycles. The molecule has 0 spiro atoms. The van der Waals surface area contributed by atoms with E-state index in [-0.39, 0.29) is 11.5 Å². The Morgan fingerprint density at radius 1 is 0.966 bits per heavy atom. The first-order valence-corrected chi connectivity index (χ1v) is 10.5. The minimum Gasteiger partial charge on any atom is -0.465 e. The van der Waals surface area contributed by atoms with E-state index in [1.165, 1.54) is 18.4 Å². The van der Waals surface area contributed by atoms with Gasteiger partial charge in [-0.05, 0) is 37.4 Å². The van der Waals surface area contributed by atoms with Crippen LogP contribution in [0.4, 0.5) is 5.13 Å². The second-order valence-electron chi connectivity index (χ2n) is 6.49. The van der Waals surface area contributed by atoms with Gasteiger partial charge in [-0.1, -0.05) is 49.4 Å². The van der Waals surface area contributed by atoms with Crippen molar-refractivity contribution in [3.05, 3.63) is 59.7 Å². The van der Waals surface area contributed by atoms with Crippen molar-refractivity contribution in [2.24, 2.45) is 0 Å². The Morgan fingerprint density at radius 2 is 1.62 bits per heavy atom. The molecule has 2 aromatic carbocycles. The standard InChI is InChI=1S/C22H25N3O3S/c1-4-24(5-2)14-15-25(22-23-18-12-8-9-13-19(18)29-22)20(26)16-10-6-7-11-17(16)21(27)28-3/h6-13H,4-5,14-15H2,1-3H3. The van der Waals surface area contributed by atoms with E-state index in [1.807, 2.05) is 24.3 Å². The van der Waals surface area contributed by atoms with Gasteiger partial charge in [0.05, 0.1) is 28.5 Å². The maximum atomic E-state index is 13.5. The first-order valence-electron chi connectivity index (χ1n) is 9.66. The Bertz CT molecular complexity index is 965. The minimum absolute atomic E-state index is 0.253. The fourth-order valence-electron chi connectivity index (χ4n) is 3.14. The van der Waals surface area contributed by atoms with Crippen molar-refractivity contribution in [1.82, 2.24) is 9.88 Å². The van der Waals surface area contributed by atoms with E-state index in [1.54, 1.807) is 29.2 Å². The predicted octanol–water partition coefficient (Wildman–Crippen LogP) is 4.07. The zero-order valence-corrected chi connectivity index (χ0v) is 17.7. The van der Waals surface area contributed by atoms with Gasteiger partial charge in [-0.15, -0.1) is 0 Å². The molecule has 0 atom stereocenters. The number of fused-ring (bicyclic) bond motifs is 1. The molecule has 1 heterocycles. The van der Waals surface area contributed by atoms with Crippen LogP contribution in [-0.2, 0) is 4.74 Å². The summed E-state index contributed by atoms with van der Waals surface area (Å²) in [5, 5.41) is 0.628. The van der Waals surface area contributed by atoms with Crippen molar-refractivity contribution in [2.75, 3.05) is 38.2 Å². The normalized spacial score (nSPS) is 11.0. The number of hydrogen-bond acceptors (Lipinski definition) is 6. The molecule has 0 saturated carbocycles. The van der Waals surface area contributed by atoms with E-state index in [4.69, 9.17) is 4.74 Å². The number of likely N-dealkylation sites (N-methyl/N-ethyl adjacent to an activating group) is 1. The van der Waals surface area contributed by atoms with Crippen LogP contribution in [-0.4, -0.2) is 55.0 Å². The number of carbonyl (C=O) groups is 2. The third-order valence-corrected chi connectivity index (χ3v) is 5.92. The first-order chi connectivity index (χ1) is 14.1. The van der Waals surface area contributed by atoms with Crippen LogP contribution < -0.4 is 4.90 Å². The molecule has 3 rings (SSSR count). The van der Waals surface area contributed by atoms with E-state index in [9.17, 15) is 9.59 Å². The van der Waals surface area contributed by atoms with Gasteiger partial charge in [-0.2, -0.15) is 0 Å². The van der Waals surface area contributed by atoms with Crippen LogP contribution in [0.2, 0.25) is 0 Å². The van der Waals surface area contributed by atoms with Gasteiger partial charge in [0, 0.05) is 13.1 Å². The predicted molar refractivity (Wildman–Crippen MR) is 117 cm³/mol. The molecule has 152 valence electrons. The Balaban J connectivity index is 2.00. The largest absolute Gasteiger partial charge is 0.465 e. The van der Waals surface area contributed by atoms with Crippen LogP contribution in [0.1, 0.15) is 34.6 Å². The first kappa shape index (κ1) is 21.0. The van der Waals surface area contributed by atoms with Crippen LogP contribution in [0.5, 0.6) is 0 Å². The van der Waals surface area contributed by atoms with E-state index in [2.05, 4.69) is 23.7 Å². The van der Waals surface area contributed by atoms with Crippen molar-refractivity contribution in [3.63, 3.8) is 0 Å². The van der Waals surface area contributed by atoms with Crippen molar-refractivity contribution < 1.29 is 14.3 Å². The van der Waals surface area contributed by atoms with Gasteiger partial charge in [0.15, 0.2) is 5.13 Å². The number of ether oxygens (including phenoxy) is 1. The third kappa shape index (κ3) is 4.63. The van der Waals surface area contributed by atoms with Crippen LogP contribution in [0.3, 0.4) is 0 Å². The molecule has 29 heavy (non-hydrogen) atoms. The third-order valence-electron chi connectivity index (χ3n) is 4.86. The van der Waals surface area contributed by atoms with Gasteiger partial charge in [-0.25, -0.2) is 9.78 Å². The van der Waals surface area contributed by atoms with E-state index in [0.717, 1.165) is 29.9 Å². The fraction of sp³-hybridized carbons (Fsp3) is 0.318. The number of esters is 1. The summed E-state index contributed by atoms with van der Waals surface area (Å²) in [7, 11) is 1.31. The van der Waals surface area contributed by atoms with Crippen LogP contribution in [0.15, 0.2) is 48.5 Å². The number of amides is 1. The molecule has 0 saturated heterocycles. The molecule has 0 bridgehead atoms. The molecule has 3 aromatic rings. The highest BCUT2D eigenvalue weighted by atomic mass is 32.1. The lowest BCUT2D eigenvalue weighted by molar-refractivity contribution is 0.0597. The average Bonchev–Trinajstić information content (AvgIpc) is 3.19. The van der Waals surface area contributed by atoms with Gasteiger partial charge >= 0.3 is 5.97 Å². The van der Waals surface area contributed by atoms with Gasteiger partial charge in [0.25, 0.3) is 5.91 Å². The SMILES string of the molecule is CCN(CC)CCN(C(=O)c1ccccc1C(=O)OC)c1nc2ccccc2s1. The molecule has 0 unspecified atom stereocenters. The lowest BCUT2D eigenvalue weighted by Gasteiger charge is -2.25. The highest BCUT2D eigenvalue weighted by Gasteiger charge is 2.25. The van der Waals surface area contributed by atoms with Gasteiger partial charge in [-0.3, -0.25) is 9.69 Å². The molecular weight excluding hydrogens is 386 g/mol. The van der Waals surface area contributed by atoms with Gasteiger partial charge < -0.3 is 9.64 Å². The molecule has 0 N–H and O–H groups in total. The second kappa shape index (κ2) is 9.62. The summed E-state index contributed by atoms with van der Waals surface area (Å²) in [5.41, 5.74) is 1.43. The number of methoxy groups -OCH3 is 1. The van der Waals surface area contributed by atoms with Crippen molar-refractivity contribution in [2.45, 2.75) is 13.8 Å². The lowest BCUT2D eigenvalue weighted by atomic mass is 10.1. The lowest BCUT2D eigenvalue weighted by Crippen LogP contribution is -2.39. The fourth-order valence-corrected chi connectivity index (χ4v) is 4.13. The highest BCUT2D eigenvalue weighted by molar-refractivity contribution is 7.22. The van der Waals surface area contributed by atoms with Crippen LogP contribution in [0.25, 0.3) is 10.2 Å². The number of hydrogen-bond donors (Lipinski definition) is 0. The molecule has 0 aliphatic carbocycles. The van der Waals surface area contributed by atoms with Gasteiger partial charge in [0.1, 0.15) is 0 Å². The number of rotatable bonds is 8. The maximum absolute atomic E-state index is 13.5. The van der Waals surface area contributed by atoms with Crippen LogP contribution in [0, 0.1) is 0 Å². The van der Waals surface area contributed by atoms with Crippen molar-refractivity contribution >= 4 is 38.6 Å². The Kier molecular flexibility index (Phi) is 6.95. The molecule has 0 radical (unpaired) electrons. The molecule has 7 heteroatoms. The van der Waals surface area contributed by atoms with E-state index in [0.29, 0.717) is 17.2 Å². The van der Waals surface area contributed by atoms with Crippen molar-refractivity contribution in [3.8, 4) is 0 Å². The zero-order valence-electron chi connectivity index (χ0n) is 16.9. The monoisotopic (exact) mass is 411 g/mol. The molecule has 6 nitrogen and oxygen atoms in total. The number of aromatic nitrogens is 1. The summed E-state index contributed by atoms with van der Waals surface area (Å²) >= 11 is 1.47.